The van der Waals surface area contributed by atoms with E-state index in [1.165, 1.54) is 6.92 Å². The van der Waals surface area contributed by atoms with Crippen LogP contribution in [0.4, 0.5) is 19.1 Å². The third-order valence-corrected chi connectivity index (χ3v) is 8.02. The van der Waals surface area contributed by atoms with Crippen molar-refractivity contribution in [3.8, 4) is 11.1 Å². The minimum absolute atomic E-state index is 0.0621. The summed E-state index contributed by atoms with van der Waals surface area (Å²) >= 11 is 0. The zero-order chi connectivity index (χ0) is 28.2. The van der Waals surface area contributed by atoms with Crippen LogP contribution in [0.5, 0.6) is 0 Å². The van der Waals surface area contributed by atoms with Crippen LogP contribution in [0.2, 0.25) is 0 Å². The molecule has 0 unspecified atom stereocenters. The number of fused-ring (bicyclic) bond motifs is 1. The summed E-state index contributed by atoms with van der Waals surface area (Å²) in [6.07, 6.45) is 2.61. The summed E-state index contributed by atoms with van der Waals surface area (Å²) in [6, 6.07) is 1.12. The van der Waals surface area contributed by atoms with Crippen molar-refractivity contribution in [3.63, 3.8) is 0 Å². The number of hydrogen-bond donors (Lipinski definition) is 2. The first kappa shape index (κ1) is 27.6. The van der Waals surface area contributed by atoms with E-state index in [-0.39, 0.29) is 23.6 Å². The number of halogens is 3. The molecule has 0 bridgehead atoms. The van der Waals surface area contributed by atoms with Gasteiger partial charge < -0.3 is 15.2 Å². The zero-order valence-electron chi connectivity index (χ0n) is 22.6. The lowest BCUT2D eigenvalue weighted by molar-refractivity contribution is -0.144. The average Bonchev–Trinajstić information content (AvgIpc) is 3.42. The van der Waals surface area contributed by atoms with Crippen molar-refractivity contribution in [2.45, 2.75) is 89.1 Å². The fourth-order valence-corrected chi connectivity index (χ4v) is 5.52. The first-order valence-electron chi connectivity index (χ1n) is 13.4. The second kappa shape index (κ2) is 9.88. The Kier molecular flexibility index (Phi) is 6.99. The SMILES string of the molecule is C[C@@H](CC(F)(F)F)Nc1ncc2c(-c3cnn(C(C)(C)C(=O)C4COC4)c3)cc([C@H]3CC[C@@](C)(O)CC3)n2n1. The lowest BCUT2D eigenvalue weighted by Gasteiger charge is -2.33. The van der Waals surface area contributed by atoms with E-state index in [1.54, 1.807) is 21.6 Å². The van der Waals surface area contributed by atoms with Crippen molar-refractivity contribution >= 4 is 17.2 Å². The maximum Gasteiger partial charge on any atom is 0.391 e. The van der Waals surface area contributed by atoms with E-state index < -0.39 is 29.8 Å². The molecule has 212 valence electrons. The van der Waals surface area contributed by atoms with Crippen LogP contribution in [0.1, 0.15) is 71.4 Å². The maximum atomic E-state index is 13.0. The summed E-state index contributed by atoms with van der Waals surface area (Å²) in [5, 5.41) is 22.4. The number of Topliss-reactive ketones (excluding diaryl/α,β-unsaturated/α-hetero) is 1. The van der Waals surface area contributed by atoms with Gasteiger partial charge in [-0.2, -0.15) is 18.3 Å². The number of aromatic nitrogens is 5. The van der Waals surface area contributed by atoms with Crippen LogP contribution in [0.25, 0.3) is 16.6 Å². The molecule has 3 aromatic rings. The lowest BCUT2D eigenvalue weighted by Crippen LogP contribution is -2.47. The van der Waals surface area contributed by atoms with Gasteiger partial charge in [0.2, 0.25) is 5.95 Å². The summed E-state index contributed by atoms with van der Waals surface area (Å²) in [7, 11) is 0. The van der Waals surface area contributed by atoms with Gasteiger partial charge >= 0.3 is 6.18 Å². The summed E-state index contributed by atoms with van der Waals surface area (Å²) in [6.45, 7) is 7.81. The van der Waals surface area contributed by atoms with Gasteiger partial charge in [0.25, 0.3) is 0 Å². The van der Waals surface area contributed by atoms with E-state index in [0.29, 0.717) is 31.6 Å². The van der Waals surface area contributed by atoms with E-state index in [2.05, 4.69) is 20.5 Å². The highest BCUT2D eigenvalue weighted by molar-refractivity contribution is 5.89. The third kappa shape index (κ3) is 5.67. The predicted molar refractivity (Wildman–Crippen MR) is 138 cm³/mol. The van der Waals surface area contributed by atoms with Crippen LogP contribution < -0.4 is 5.32 Å². The molecule has 9 nitrogen and oxygen atoms in total. The minimum Gasteiger partial charge on any atom is -0.390 e. The molecule has 12 heteroatoms. The number of anilines is 1. The molecule has 1 saturated heterocycles. The Labute approximate surface area is 224 Å². The first-order valence-corrected chi connectivity index (χ1v) is 13.4. The number of aliphatic hydroxyl groups is 1. The third-order valence-electron chi connectivity index (χ3n) is 8.02. The molecule has 4 heterocycles. The molecule has 1 aliphatic carbocycles. The number of ketones is 1. The smallest absolute Gasteiger partial charge is 0.390 e. The standard InChI is InChI=1S/C27H35F3N6O3/c1-16(10-27(28,29)30)33-24-31-12-22-20(9-21(36(22)34-24)17-5-7-26(4,38)8-6-17)18-11-32-35(13-18)25(2,3)23(37)19-14-39-15-19/h9,11-13,16-17,19,38H,5-8,10,14-15H2,1-4H3,(H,33,34)/t16-,17-,26+/m0/s1. The molecular formula is C27H35F3N6O3. The Balaban J connectivity index is 1.50. The van der Waals surface area contributed by atoms with Gasteiger partial charge in [-0.15, -0.1) is 5.10 Å². The molecule has 39 heavy (non-hydrogen) atoms. The maximum absolute atomic E-state index is 13.0. The predicted octanol–water partition coefficient (Wildman–Crippen LogP) is 4.70. The number of nitrogens with one attached hydrogen (secondary N) is 1. The van der Waals surface area contributed by atoms with Gasteiger partial charge in [0.15, 0.2) is 5.78 Å². The molecule has 0 spiro atoms. The van der Waals surface area contributed by atoms with Crippen LogP contribution in [0.3, 0.4) is 0 Å². The average molecular weight is 549 g/mol. The Morgan fingerprint density at radius 3 is 2.56 bits per heavy atom. The molecule has 0 aromatic carbocycles. The Morgan fingerprint density at radius 1 is 1.26 bits per heavy atom. The quantitative estimate of drug-likeness (QED) is 0.420. The molecule has 0 amide bonds. The van der Waals surface area contributed by atoms with Gasteiger partial charge in [-0.3, -0.25) is 9.48 Å². The number of nitrogens with zero attached hydrogens (tertiary/aromatic N) is 5. The highest BCUT2D eigenvalue weighted by Gasteiger charge is 2.40. The van der Waals surface area contributed by atoms with Crippen molar-refractivity contribution in [2.24, 2.45) is 5.92 Å². The summed E-state index contributed by atoms with van der Waals surface area (Å²) in [4.78, 5) is 17.3. The van der Waals surface area contributed by atoms with Gasteiger partial charge in [0.05, 0.1) is 49.1 Å². The fourth-order valence-electron chi connectivity index (χ4n) is 5.52. The second-order valence-electron chi connectivity index (χ2n) is 11.8. The molecular weight excluding hydrogens is 513 g/mol. The Morgan fingerprint density at radius 2 is 1.95 bits per heavy atom. The first-order chi connectivity index (χ1) is 18.2. The van der Waals surface area contributed by atoms with Crippen LogP contribution in [0.15, 0.2) is 24.7 Å². The molecule has 0 radical (unpaired) electrons. The van der Waals surface area contributed by atoms with E-state index in [9.17, 15) is 23.1 Å². The van der Waals surface area contributed by atoms with Gasteiger partial charge in [-0.05, 0) is 59.4 Å². The van der Waals surface area contributed by atoms with Crippen LogP contribution in [-0.2, 0) is 15.1 Å². The number of carbonyl (C=O) groups is 1. The van der Waals surface area contributed by atoms with Crippen LogP contribution in [-0.4, -0.2) is 66.3 Å². The Hall–Kier alpha value is -2.99. The summed E-state index contributed by atoms with van der Waals surface area (Å²) in [5.41, 5.74) is 1.61. The highest BCUT2D eigenvalue weighted by Crippen LogP contribution is 2.41. The largest absolute Gasteiger partial charge is 0.391 e. The minimum atomic E-state index is -4.30. The normalized spacial score (nSPS) is 23.5. The van der Waals surface area contributed by atoms with E-state index in [4.69, 9.17) is 4.74 Å². The van der Waals surface area contributed by atoms with Crippen molar-refractivity contribution in [2.75, 3.05) is 18.5 Å². The monoisotopic (exact) mass is 548 g/mol. The van der Waals surface area contributed by atoms with Crippen molar-refractivity contribution < 1.29 is 27.8 Å². The molecule has 2 fully saturated rings. The number of hydrogen-bond acceptors (Lipinski definition) is 7. The summed E-state index contributed by atoms with van der Waals surface area (Å²) in [5.74, 6) is 0.133. The van der Waals surface area contributed by atoms with Crippen molar-refractivity contribution in [1.29, 1.82) is 0 Å². The van der Waals surface area contributed by atoms with Crippen molar-refractivity contribution in [3.05, 3.63) is 30.4 Å². The molecule has 5 rings (SSSR count). The van der Waals surface area contributed by atoms with Gasteiger partial charge in [0, 0.05) is 35.0 Å². The van der Waals surface area contributed by atoms with Crippen molar-refractivity contribution in [1.82, 2.24) is 24.4 Å². The molecule has 1 atom stereocenters. The molecule has 3 aromatic heterocycles. The van der Waals surface area contributed by atoms with Crippen LogP contribution in [0, 0.1) is 5.92 Å². The van der Waals surface area contributed by atoms with Gasteiger partial charge in [0.1, 0.15) is 5.54 Å². The summed E-state index contributed by atoms with van der Waals surface area (Å²) < 4.78 is 47.3. The Bertz CT molecular complexity index is 1350. The van der Waals surface area contributed by atoms with Gasteiger partial charge in [-0.1, -0.05) is 0 Å². The number of rotatable bonds is 8. The topological polar surface area (TPSA) is 107 Å². The second-order valence-corrected chi connectivity index (χ2v) is 11.8. The fraction of sp³-hybridized carbons (Fsp3) is 0.630. The molecule has 1 saturated carbocycles. The van der Waals surface area contributed by atoms with E-state index >= 15 is 0 Å². The number of ether oxygens (including phenoxy) is 1. The van der Waals surface area contributed by atoms with E-state index in [1.807, 2.05) is 33.0 Å². The lowest BCUT2D eigenvalue weighted by atomic mass is 9.78. The zero-order valence-corrected chi connectivity index (χ0v) is 22.6. The molecule has 2 aliphatic rings. The van der Waals surface area contributed by atoms with Crippen LogP contribution >= 0.6 is 0 Å². The van der Waals surface area contributed by atoms with Gasteiger partial charge in [-0.25, -0.2) is 9.50 Å². The molecule has 1 aliphatic heterocycles. The molecule has 2 N–H and O–H groups in total. The van der Waals surface area contributed by atoms with E-state index in [0.717, 1.165) is 29.7 Å². The highest BCUT2D eigenvalue weighted by atomic mass is 19.4. The number of carbonyl (C=O) groups excluding carboxylic acids is 1. The number of alkyl halides is 3.